The number of aliphatic hydroxyl groups excluding tert-OH is 1. The maximum atomic E-state index is 12.3. The Balaban J connectivity index is 1.77. The van der Waals surface area contributed by atoms with Gasteiger partial charge in [-0.05, 0) is 25.1 Å². The normalized spacial score (nSPS) is 13.2. The zero-order valence-corrected chi connectivity index (χ0v) is 17.8. The van der Waals surface area contributed by atoms with E-state index in [1.807, 2.05) is 0 Å². The van der Waals surface area contributed by atoms with Crippen molar-refractivity contribution >= 4 is 39.4 Å². The molecule has 32 heavy (non-hydrogen) atoms. The van der Waals surface area contributed by atoms with Gasteiger partial charge in [-0.25, -0.2) is 15.0 Å². The predicted octanol–water partition coefficient (Wildman–Crippen LogP) is 2.56. The fourth-order valence-electron chi connectivity index (χ4n) is 3.31. The van der Waals surface area contributed by atoms with Crippen LogP contribution >= 0.6 is 0 Å². The van der Waals surface area contributed by atoms with Gasteiger partial charge in [-0.1, -0.05) is 0 Å². The van der Waals surface area contributed by atoms with Crippen molar-refractivity contribution in [2.24, 2.45) is 0 Å². The third-order valence-corrected chi connectivity index (χ3v) is 4.98. The van der Waals surface area contributed by atoms with Crippen molar-refractivity contribution in [2.45, 2.75) is 18.9 Å². The van der Waals surface area contributed by atoms with Gasteiger partial charge in [-0.3, -0.25) is 4.79 Å². The lowest BCUT2D eigenvalue weighted by Crippen LogP contribution is -2.34. The molecule has 1 atom stereocenters. The molecule has 0 fully saturated rings. The lowest BCUT2D eigenvalue weighted by molar-refractivity contribution is -0.122. The van der Waals surface area contributed by atoms with Crippen LogP contribution in [0.4, 0.5) is 11.6 Å². The van der Waals surface area contributed by atoms with Crippen LogP contribution in [0.5, 0.6) is 5.75 Å². The number of aliphatic hydroxyl groups is 2. The Morgan fingerprint density at radius 2 is 2.03 bits per heavy atom. The summed E-state index contributed by atoms with van der Waals surface area (Å²) in [5.41, 5.74) is 0.336. The first-order chi connectivity index (χ1) is 15.3. The number of methoxy groups -OCH3 is 1. The first kappa shape index (κ1) is 21.5. The number of nitrogens with one attached hydrogen (secondary N) is 2. The molecule has 0 spiro atoms. The number of oxazole rings is 1. The molecule has 4 rings (SSSR count). The van der Waals surface area contributed by atoms with E-state index >= 15 is 0 Å². The number of pyridine rings is 2. The van der Waals surface area contributed by atoms with Crippen LogP contribution < -0.4 is 15.4 Å². The third kappa shape index (κ3) is 4.18. The average Bonchev–Trinajstić information content (AvgIpc) is 3.20. The zero-order valence-electron chi connectivity index (χ0n) is 17.8. The van der Waals surface area contributed by atoms with E-state index in [9.17, 15) is 15.0 Å². The third-order valence-electron chi connectivity index (χ3n) is 4.98. The van der Waals surface area contributed by atoms with Crippen molar-refractivity contribution in [3.63, 3.8) is 0 Å². The number of hydrogen-bond donors (Lipinski definition) is 4. The molecule has 10 nitrogen and oxygen atoms in total. The van der Waals surface area contributed by atoms with E-state index in [1.165, 1.54) is 6.92 Å². The zero-order chi connectivity index (χ0) is 22.9. The van der Waals surface area contributed by atoms with Crippen LogP contribution in [0.15, 0.2) is 41.1 Å². The minimum absolute atomic E-state index is 0.277. The van der Waals surface area contributed by atoms with Gasteiger partial charge in [0.05, 0.1) is 31.3 Å². The lowest BCUT2D eigenvalue weighted by Gasteiger charge is -2.19. The second kappa shape index (κ2) is 8.40. The highest BCUT2D eigenvalue weighted by Crippen LogP contribution is 2.34. The van der Waals surface area contributed by atoms with E-state index in [1.54, 1.807) is 50.8 Å². The van der Waals surface area contributed by atoms with Gasteiger partial charge in [0.1, 0.15) is 22.9 Å². The Bertz CT molecular complexity index is 1300. The first-order valence-electron chi connectivity index (χ1n) is 9.88. The topological polar surface area (TPSA) is 143 Å². The summed E-state index contributed by atoms with van der Waals surface area (Å²) < 4.78 is 11.2. The van der Waals surface area contributed by atoms with Crippen molar-refractivity contribution in [2.75, 3.05) is 31.4 Å². The van der Waals surface area contributed by atoms with Crippen molar-refractivity contribution in [1.82, 2.24) is 15.0 Å². The molecule has 166 valence electrons. The number of ether oxygens (including phenoxy) is 1. The summed E-state index contributed by atoms with van der Waals surface area (Å²) in [7, 11) is 3.33. The maximum absolute atomic E-state index is 12.3. The lowest BCUT2D eigenvalue weighted by atomic mass is 10.0. The smallest absolute Gasteiger partial charge is 0.229 e. The molecule has 3 aromatic heterocycles. The fourth-order valence-corrected chi connectivity index (χ4v) is 3.31. The molecule has 4 N–H and O–H groups in total. The van der Waals surface area contributed by atoms with Crippen LogP contribution in [0.1, 0.15) is 13.3 Å². The molecule has 0 bridgehead atoms. The number of benzene rings is 1. The predicted molar refractivity (Wildman–Crippen MR) is 120 cm³/mol. The van der Waals surface area contributed by atoms with Crippen LogP contribution in [0.25, 0.3) is 33.3 Å². The molecule has 0 saturated carbocycles. The summed E-state index contributed by atoms with van der Waals surface area (Å²) in [5.74, 6) is 1.44. The maximum Gasteiger partial charge on any atom is 0.229 e. The molecule has 0 saturated heterocycles. The number of amides is 1. The Morgan fingerprint density at radius 3 is 2.75 bits per heavy atom. The van der Waals surface area contributed by atoms with E-state index in [4.69, 9.17) is 9.15 Å². The highest BCUT2D eigenvalue weighted by Gasteiger charge is 2.24. The van der Waals surface area contributed by atoms with Crippen LogP contribution in [0.2, 0.25) is 0 Å². The van der Waals surface area contributed by atoms with Gasteiger partial charge in [0, 0.05) is 36.3 Å². The molecular weight excluding hydrogens is 414 g/mol. The largest absolute Gasteiger partial charge is 0.497 e. The van der Waals surface area contributed by atoms with Crippen LogP contribution in [-0.2, 0) is 4.79 Å². The number of hydrogen-bond acceptors (Lipinski definition) is 9. The van der Waals surface area contributed by atoms with Crippen molar-refractivity contribution in [3.8, 4) is 17.2 Å². The highest BCUT2D eigenvalue weighted by atomic mass is 16.5. The van der Waals surface area contributed by atoms with Gasteiger partial charge >= 0.3 is 0 Å². The average molecular weight is 437 g/mol. The number of rotatable bonds is 7. The molecule has 0 aliphatic rings. The highest BCUT2D eigenvalue weighted by molar-refractivity contribution is 6.03. The summed E-state index contributed by atoms with van der Waals surface area (Å²) >= 11 is 0. The van der Waals surface area contributed by atoms with Gasteiger partial charge in [0.15, 0.2) is 5.58 Å². The molecule has 3 heterocycles. The van der Waals surface area contributed by atoms with Gasteiger partial charge < -0.3 is 30.0 Å². The Morgan fingerprint density at radius 1 is 1.22 bits per heavy atom. The minimum atomic E-state index is -1.52. The molecule has 4 aromatic rings. The van der Waals surface area contributed by atoms with E-state index in [0.29, 0.717) is 44.9 Å². The van der Waals surface area contributed by atoms with Crippen LogP contribution in [0.3, 0.4) is 0 Å². The molecule has 1 aromatic carbocycles. The Hall–Kier alpha value is -3.76. The Labute approximate surface area is 183 Å². The number of aromatic nitrogens is 3. The number of fused-ring (bicyclic) bond motifs is 2. The first-order valence-corrected chi connectivity index (χ1v) is 9.88. The quantitative estimate of drug-likeness (QED) is 0.343. The van der Waals surface area contributed by atoms with E-state index < -0.39 is 18.1 Å². The van der Waals surface area contributed by atoms with Crippen molar-refractivity contribution < 1.29 is 24.2 Å². The molecule has 0 aliphatic carbocycles. The van der Waals surface area contributed by atoms with E-state index in [-0.39, 0.29) is 12.2 Å². The van der Waals surface area contributed by atoms with Crippen LogP contribution in [-0.4, -0.2) is 57.4 Å². The SMILES string of the molecule is CNc1ncc(-c2nc3cc(OC)ccc3o2)c2cc(NC(=O)CC(C)(O)CO)ncc12. The summed E-state index contributed by atoms with van der Waals surface area (Å²) in [6.07, 6.45) is 2.95. The standard InChI is InChI=1S/C22H23N5O5/c1-22(30,11-28)8-19(29)27-18-7-13-14(9-24-18)20(23-2)25-10-15(13)21-26-16-6-12(31-3)4-5-17(16)32-21/h4-7,9-10,28,30H,8,11H2,1-3H3,(H,23,25)(H,24,27,29). The van der Waals surface area contributed by atoms with Crippen molar-refractivity contribution in [1.29, 1.82) is 0 Å². The van der Waals surface area contributed by atoms with Crippen molar-refractivity contribution in [3.05, 3.63) is 36.7 Å². The molecule has 0 radical (unpaired) electrons. The summed E-state index contributed by atoms with van der Waals surface area (Å²) in [6.45, 7) is 0.848. The molecule has 1 unspecified atom stereocenters. The molecule has 1 amide bonds. The van der Waals surface area contributed by atoms with Gasteiger partial charge in [-0.15, -0.1) is 0 Å². The molecule has 10 heteroatoms. The van der Waals surface area contributed by atoms with Gasteiger partial charge in [-0.2, -0.15) is 0 Å². The van der Waals surface area contributed by atoms with Gasteiger partial charge in [0.2, 0.25) is 11.8 Å². The number of nitrogens with zero attached hydrogens (tertiary/aromatic N) is 3. The summed E-state index contributed by atoms with van der Waals surface area (Å²) in [5, 5.41) is 26.2. The minimum Gasteiger partial charge on any atom is -0.497 e. The monoisotopic (exact) mass is 437 g/mol. The Kier molecular flexibility index (Phi) is 5.64. The van der Waals surface area contributed by atoms with E-state index in [2.05, 4.69) is 25.6 Å². The number of carbonyl (C=O) groups is 1. The second-order valence-corrected chi connectivity index (χ2v) is 7.62. The molecule has 0 aliphatic heterocycles. The van der Waals surface area contributed by atoms with Gasteiger partial charge in [0.25, 0.3) is 0 Å². The van der Waals surface area contributed by atoms with E-state index in [0.717, 1.165) is 0 Å². The molecular formula is C22H23N5O5. The fraction of sp³-hybridized carbons (Fsp3) is 0.273. The number of anilines is 2. The summed E-state index contributed by atoms with van der Waals surface area (Å²) in [6, 6.07) is 7.04. The number of carbonyl (C=O) groups excluding carboxylic acids is 1. The van der Waals surface area contributed by atoms with Crippen LogP contribution in [0, 0.1) is 0 Å². The second-order valence-electron chi connectivity index (χ2n) is 7.62. The summed E-state index contributed by atoms with van der Waals surface area (Å²) in [4.78, 5) is 25.6.